The Morgan fingerprint density at radius 2 is 1.69 bits per heavy atom. The number of halogens is 1. The van der Waals surface area contributed by atoms with Gasteiger partial charge in [-0.2, -0.15) is 4.31 Å². The van der Waals surface area contributed by atoms with E-state index in [-0.39, 0.29) is 28.9 Å². The molecule has 32 heavy (non-hydrogen) atoms. The van der Waals surface area contributed by atoms with Gasteiger partial charge in [0.25, 0.3) is 5.91 Å². The van der Waals surface area contributed by atoms with E-state index in [0.717, 1.165) is 21.8 Å². The highest BCUT2D eigenvalue weighted by molar-refractivity contribution is 7.89. The van der Waals surface area contributed by atoms with Crippen LogP contribution >= 0.6 is 22.9 Å². The fourth-order valence-corrected chi connectivity index (χ4v) is 6.65. The van der Waals surface area contributed by atoms with Crippen molar-refractivity contribution in [3.8, 4) is 16.9 Å². The third-order valence-electron chi connectivity index (χ3n) is 5.51. The zero-order valence-corrected chi connectivity index (χ0v) is 20.1. The van der Waals surface area contributed by atoms with E-state index >= 15 is 0 Å². The normalized spacial score (nSPS) is 15.0. The lowest BCUT2D eigenvalue weighted by Gasteiger charge is -2.33. The Bertz CT molecular complexity index is 1230. The maximum absolute atomic E-state index is 13.1. The van der Waals surface area contributed by atoms with E-state index in [9.17, 15) is 13.2 Å². The smallest absolute Gasteiger partial charge is 0.264 e. The Morgan fingerprint density at radius 1 is 1.03 bits per heavy atom. The zero-order valence-electron chi connectivity index (χ0n) is 17.7. The summed E-state index contributed by atoms with van der Waals surface area (Å²) in [6.07, 6.45) is 0. The molecule has 4 rings (SSSR count). The van der Waals surface area contributed by atoms with Crippen LogP contribution in [-0.2, 0) is 10.0 Å². The van der Waals surface area contributed by atoms with Crippen LogP contribution in [0.3, 0.4) is 0 Å². The van der Waals surface area contributed by atoms with E-state index in [1.54, 1.807) is 30.2 Å². The van der Waals surface area contributed by atoms with Gasteiger partial charge < -0.3 is 9.64 Å². The number of aryl methyl sites for hydroxylation is 1. The molecule has 168 valence electrons. The summed E-state index contributed by atoms with van der Waals surface area (Å²) in [5.41, 5.74) is 2.04. The average Bonchev–Trinajstić information content (AvgIpc) is 3.20. The molecule has 2 heterocycles. The van der Waals surface area contributed by atoms with E-state index < -0.39 is 10.0 Å². The molecule has 9 heteroatoms. The molecular formula is C23H23ClN2O4S2. The highest BCUT2D eigenvalue weighted by Crippen LogP contribution is 2.33. The van der Waals surface area contributed by atoms with Crippen LogP contribution in [0.5, 0.6) is 5.75 Å². The van der Waals surface area contributed by atoms with E-state index in [0.29, 0.717) is 18.0 Å². The molecule has 2 aromatic carbocycles. The molecule has 1 aliphatic heterocycles. The second kappa shape index (κ2) is 9.23. The molecule has 0 bridgehead atoms. The predicted octanol–water partition coefficient (Wildman–Crippen LogP) is 4.53. The van der Waals surface area contributed by atoms with Crippen LogP contribution in [0.15, 0.2) is 59.5 Å². The van der Waals surface area contributed by atoms with Crippen molar-refractivity contribution < 1.29 is 17.9 Å². The van der Waals surface area contributed by atoms with E-state index in [4.69, 9.17) is 16.3 Å². The standard InChI is InChI=1S/C23H23ClN2O4S2/c1-16-19(17-7-9-18(30-2)10-8-17)15-21(31-16)23(27)25-11-13-26(14-12-25)32(28,29)22-6-4-3-5-20(22)24/h3-10,15H,11-14H2,1-2H3. The maximum atomic E-state index is 13.1. The van der Waals surface area contributed by atoms with Gasteiger partial charge in [0.1, 0.15) is 10.6 Å². The number of benzene rings is 2. The highest BCUT2D eigenvalue weighted by Gasteiger charge is 2.32. The van der Waals surface area contributed by atoms with Crippen molar-refractivity contribution in [2.45, 2.75) is 11.8 Å². The molecule has 0 unspecified atom stereocenters. The number of nitrogens with zero attached hydrogens (tertiary/aromatic N) is 2. The number of thiophene rings is 1. The minimum absolute atomic E-state index is 0.0762. The number of piperazine rings is 1. The molecule has 1 aliphatic rings. The van der Waals surface area contributed by atoms with Gasteiger partial charge >= 0.3 is 0 Å². The maximum Gasteiger partial charge on any atom is 0.264 e. The Kier molecular flexibility index (Phi) is 6.57. The molecule has 3 aromatic rings. The summed E-state index contributed by atoms with van der Waals surface area (Å²) < 4.78 is 32.5. The lowest BCUT2D eigenvalue weighted by Crippen LogP contribution is -2.50. The largest absolute Gasteiger partial charge is 0.497 e. The Balaban J connectivity index is 1.46. The molecule has 1 aromatic heterocycles. The van der Waals surface area contributed by atoms with Crippen LogP contribution < -0.4 is 4.74 Å². The molecule has 0 spiro atoms. The van der Waals surface area contributed by atoms with Gasteiger partial charge in [0.2, 0.25) is 10.0 Å². The number of carbonyl (C=O) groups excluding carboxylic acids is 1. The first-order chi connectivity index (χ1) is 15.3. The molecule has 0 N–H and O–H groups in total. The van der Waals surface area contributed by atoms with Gasteiger partial charge in [0, 0.05) is 31.1 Å². The Labute approximate surface area is 197 Å². The summed E-state index contributed by atoms with van der Waals surface area (Å²) in [6, 6.07) is 16.1. The van der Waals surface area contributed by atoms with Crippen LogP contribution in [-0.4, -0.2) is 56.8 Å². The van der Waals surface area contributed by atoms with Gasteiger partial charge in [0.05, 0.1) is 17.0 Å². The number of amides is 1. The number of sulfonamides is 1. The molecule has 1 fully saturated rings. The number of carbonyl (C=O) groups is 1. The average molecular weight is 491 g/mol. The van der Waals surface area contributed by atoms with Crippen molar-refractivity contribution in [2.24, 2.45) is 0 Å². The van der Waals surface area contributed by atoms with Gasteiger partial charge in [0.15, 0.2) is 0 Å². The van der Waals surface area contributed by atoms with Crippen LogP contribution in [0.1, 0.15) is 14.5 Å². The zero-order chi connectivity index (χ0) is 22.9. The molecule has 0 aliphatic carbocycles. The van der Waals surface area contributed by atoms with Gasteiger partial charge in [-0.15, -0.1) is 11.3 Å². The molecule has 1 saturated heterocycles. The summed E-state index contributed by atoms with van der Waals surface area (Å²) in [5, 5.41) is 0.200. The summed E-state index contributed by atoms with van der Waals surface area (Å²) in [6.45, 7) is 3.12. The fraction of sp³-hybridized carbons (Fsp3) is 0.261. The SMILES string of the molecule is COc1ccc(-c2cc(C(=O)N3CCN(S(=O)(=O)c4ccccc4Cl)CC3)sc2C)cc1. The Morgan fingerprint density at radius 3 is 2.31 bits per heavy atom. The van der Waals surface area contributed by atoms with Crippen molar-refractivity contribution in [2.75, 3.05) is 33.3 Å². The van der Waals surface area contributed by atoms with Gasteiger partial charge in [-0.05, 0) is 48.4 Å². The van der Waals surface area contributed by atoms with Crippen molar-refractivity contribution in [3.05, 3.63) is 69.4 Å². The van der Waals surface area contributed by atoms with E-state index in [1.807, 2.05) is 37.3 Å². The number of hydrogen-bond donors (Lipinski definition) is 0. The fourth-order valence-electron chi connectivity index (χ4n) is 3.73. The summed E-state index contributed by atoms with van der Waals surface area (Å²) in [7, 11) is -2.07. The van der Waals surface area contributed by atoms with Crippen LogP contribution in [0.4, 0.5) is 0 Å². The molecule has 0 radical (unpaired) electrons. The minimum Gasteiger partial charge on any atom is -0.497 e. The lowest BCUT2D eigenvalue weighted by atomic mass is 10.1. The highest BCUT2D eigenvalue weighted by atomic mass is 35.5. The second-order valence-electron chi connectivity index (χ2n) is 7.44. The number of rotatable bonds is 5. The van der Waals surface area contributed by atoms with Crippen molar-refractivity contribution in [1.82, 2.24) is 9.21 Å². The molecular weight excluding hydrogens is 468 g/mol. The van der Waals surface area contributed by atoms with Gasteiger partial charge in [-0.25, -0.2) is 8.42 Å². The predicted molar refractivity (Wildman–Crippen MR) is 127 cm³/mol. The first-order valence-corrected chi connectivity index (χ1v) is 12.7. The van der Waals surface area contributed by atoms with Gasteiger partial charge in [-0.3, -0.25) is 4.79 Å². The molecule has 6 nitrogen and oxygen atoms in total. The van der Waals surface area contributed by atoms with Crippen LogP contribution in [0.2, 0.25) is 5.02 Å². The van der Waals surface area contributed by atoms with Crippen molar-refractivity contribution in [3.63, 3.8) is 0 Å². The summed E-state index contributed by atoms with van der Waals surface area (Å²) in [4.78, 5) is 16.6. The first kappa shape index (κ1) is 22.8. The third-order valence-corrected chi connectivity index (χ3v) is 8.95. The number of ether oxygens (including phenoxy) is 1. The monoisotopic (exact) mass is 490 g/mol. The lowest BCUT2D eigenvalue weighted by molar-refractivity contribution is 0.0703. The molecule has 0 atom stereocenters. The molecule has 0 saturated carbocycles. The van der Waals surface area contributed by atoms with Crippen LogP contribution in [0, 0.1) is 6.92 Å². The number of methoxy groups -OCH3 is 1. The van der Waals surface area contributed by atoms with E-state index in [1.165, 1.54) is 21.7 Å². The minimum atomic E-state index is -3.70. The first-order valence-electron chi connectivity index (χ1n) is 10.1. The summed E-state index contributed by atoms with van der Waals surface area (Å²) >= 11 is 7.55. The topological polar surface area (TPSA) is 66.9 Å². The second-order valence-corrected chi connectivity index (χ2v) is 11.0. The quantitative estimate of drug-likeness (QED) is 0.527. The summed E-state index contributed by atoms with van der Waals surface area (Å²) in [5.74, 6) is 0.704. The van der Waals surface area contributed by atoms with Crippen molar-refractivity contribution in [1.29, 1.82) is 0 Å². The van der Waals surface area contributed by atoms with Gasteiger partial charge in [-0.1, -0.05) is 35.9 Å². The number of hydrogen-bond acceptors (Lipinski definition) is 5. The van der Waals surface area contributed by atoms with Crippen molar-refractivity contribution >= 4 is 38.9 Å². The Hall–Kier alpha value is -2.39. The molecule has 1 amide bonds. The van der Waals surface area contributed by atoms with Crippen LogP contribution in [0.25, 0.3) is 11.1 Å². The van der Waals surface area contributed by atoms with E-state index in [2.05, 4.69) is 0 Å². The third kappa shape index (κ3) is 4.41.